The van der Waals surface area contributed by atoms with Gasteiger partial charge in [-0.25, -0.2) is 9.59 Å². The van der Waals surface area contributed by atoms with E-state index >= 15 is 0 Å². The lowest BCUT2D eigenvalue weighted by atomic mass is 10.1. The molecule has 0 fully saturated rings. The molecule has 0 heterocycles. The monoisotopic (exact) mass is 270 g/mol. The molecule has 2 aromatic carbocycles. The van der Waals surface area contributed by atoms with Gasteiger partial charge >= 0.3 is 18.4 Å². The van der Waals surface area contributed by atoms with Crippen LogP contribution in [0.5, 0.6) is 5.75 Å². The molecule has 2 aromatic rings. The number of carbonyl (C=O) groups excluding carboxylic acids is 3. The maximum Gasteiger partial charge on any atom is 0.346 e. The third kappa shape index (κ3) is 3.08. The summed E-state index contributed by atoms with van der Waals surface area (Å²) in [5.41, 5.74) is 0.00346. The second-order valence-corrected chi connectivity index (χ2v) is 3.75. The minimum Gasteiger partial charge on any atom is -0.423 e. The summed E-state index contributed by atoms with van der Waals surface area (Å²) in [7, 11) is 0. The van der Waals surface area contributed by atoms with E-state index in [9.17, 15) is 14.4 Å². The molecule has 100 valence electrons. The van der Waals surface area contributed by atoms with Gasteiger partial charge in [0.25, 0.3) is 0 Å². The highest BCUT2D eigenvalue weighted by molar-refractivity contribution is 6.05. The van der Waals surface area contributed by atoms with Gasteiger partial charge in [-0.05, 0) is 24.3 Å². The summed E-state index contributed by atoms with van der Waals surface area (Å²) < 4.78 is 9.38. The Labute approximate surface area is 114 Å². The third-order valence-electron chi connectivity index (χ3n) is 2.48. The zero-order valence-corrected chi connectivity index (χ0v) is 10.3. The molecule has 0 saturated carbocycles. The van der Waals surface area contributed by atoms with Gasteiger partial charge in [-0.2, -0.15) is 0 Å². The van der Waals surface area contributed by atoms with Crippen LogP contribution in [0, 0.1) is 0 Å². The van der Waals surface area contributed by atoms with Crippen LogP contribution in [-0.2, 0) is 9.53 Å². The predicted octanol–water partition coefficient (Wildman–Crippen LogP) is 2.22. The molecular formula is C15H10O5. The van der Waals surface area contributed by atoms with Crippen molar-refractivity contribution in [2.45, 2.75) is 0 Å². The molecule has 2 rings (SSSR count). The molecular weight excluding hydrogens is 260 g/mol. The first-order valence-electron chi connectivity index (χ1n) is 5.73. The molecule has 0 aromatic heterocycles. The zero-order chi connectivity index (χ0) is 14.4. The van der Waals surface area contributed by atoms with Crippen molar-refractivity contribution in [2.75, 3.05) is 0 Å². The minimum absolute atomic E-state index is 0.0155. The van der Waals surface area contributed by atoms with Crippen LogP contribution in [-0.4, -0.2) is 18.4 Å². The van der Waals surface area contributed by atoms with Crippen LogP contribution in [0.25, 0.3) is 0 Å². The van der Waals surface area contributed by atoms with Gasteiger partial charge in [-0.3, -0.25) is 4.79 Å². The molecule has 0 saturated heterocycles. The Morgan fingerprint density at radius 1 is 0.800 bits per heavy atom. The Hall–Kier alpha value is -2.95. The molecule has 0 aliphatic carbocycles. The first-order valence-corrected chi connectivity index (χ1v) is 5.73. The molecule has 0 amide bonds. The smallest absolute Gasteiger partial charge is 0.346 e. The van der Waals surface area contributed by atoms with Gasteiger partial charge in [0, 0.05) is 0 Å². The first-order chi connectivity index (χ1) is 9.72. The fourth-order valence-corrected chi connectivity index (χ4v) is 1.60. The summed E-state index contributed by atoms with van der Waals surface area (Å²) in [6.45, 7) is 0.0155. The molecule has 0 atom stereocenters. The van der Waals surface area contributed by atoms with Crippen molar-refractivity contribution in [1.82, 2.24) is 0 Å². The summed E-state index contributed by atoms with van der Waals surface area (Å²) in [5.74, 6) is -1.24. The number of esters is 2. The molecule has 0 aliphatic heterocycles. The standard InChI is InChI=1S/C15H10O5/c16-10-19-14(17)12-8-4-5-9-13(12)15(18)20-11-6-2-1-3-7-11/h1-10H. The van der Waals surface area contributed by atoms with Crippen LogP contribution in [0.3, 0.4) is 0 Å². The van der Waals surface area contributed by atoms with E-state index in [1.165, 1.54) is 12.1 Å². The number of para-hydroxylation sites is 1. The SMILES string of the molecule is O=COC(=O)c1ccccc1C(=O)Oc1ccccc1. The van der Waals surface area contributed by atoms with E-state index in [2.05, 4.69) is 4.74 Å². The lowest BCUT2D eigenvalue weighted by Gasteiger charge is -2.07. The number of carbonyl (C=O) groups is 3. The van der Waals surface area contributed by atoms with E-state index in [4.69, 9.17) is 4.74 Å². The number of hydrogen-bond donors (Lipinski definition) is 0. The van der Waals surface area contributed by atoms with Crippen molar-refractivity contribution >= 4 is 18.4 Å². The van der Waals surface area contributed by atoms with Crippen LogP contribution in [0.15, 0.2) is 54.6 Å². The molecule has 0 spiro atoms. The molecule has 20 heavy (non-hydrogen) atoms. The number of hydrogen-bond acceptors (Lipinski definition) is 5. The van der Waals surface area contributed by atoms with E-state index < -0.39 is 11.9 Å². The van der Waals surface area contributed by atoms with Crippen molar-refractivity contribution < 1.29 is 23.9 Å². The molecule has 0 unspecified atom stereocenters. The van der Waals surface area contributed by atoms with Crippen LogP contribution in [0.4, 0.5) is 0 Å². The largest absolute Gasteiger partial charge is 0.423 e. The third-order valence-corrected chi connectivity index (χ3v) is 2.48. The second-order valence-electron chi connectivity index (χ2n) is 3.75. The van der Waals surface area contributed by atoms with Crippen molar-refractivity contribution in [3.05, 3.63) is 65.7 Å². The quantitative estimate of drug-likeness (QED) is 0.369. The average molecular weight is 270 g/mol. The van der Waals surface area contributed by atoms with Crippen LogP contribution >= 0.6 is 0 Å². The molecule has 0 N–H and O–H groups in total. The highest BCUT2D eigenvalue weighted by Crippen LogP contribution is 2.15. The molecule has 0 bridgehead atoms. The zero-order valence-electron chi connectivity index (χ0n) is 10.3. The summed E-state index contributed by atoms with van der Waals surface area (Å²) in [4.78, 5) is 33.8. The van der Waals surface area contributed by atoms with E-state index in [1.54, 1.807) is 42.5 Å². The number of rotatable bonds is 4. The Kier molecular flexibility index (Phi) is 4.24. The van der Waals surface area contributed by atoms with Gasteiger partial charge in [0.05, 0.1) is 11.1 Å². The van der Waals surface area contributed by atoms with Crippen LogP contribution in [0.1, 0.15) is 20.7 Å². The highest BCUT2D eigenvalue weighted by Gasteiger charge is 2.19. The van der Waals surface area contributed by atoms with E-state index in [-0.39, 0.29) is 17.6 Å². The first kappa shape index (κ1) is 13.5. The highest BCUT2D eigenvalue weighted by atomic mass is 16.6. The van der Waals surface area contributed by atoms with Crippen LogP contribution in [0.2, 0.25) is 0 Å². The second kappa shape index (κ2) is 6.29. The number of ether oxygens (including phenoxy) is 2. The Morgan fingerprint density at radius 3 is 1.95 bits per heavy atom. The van der Waals surface area contributed by atoms with E-state index in [0.717, 1.165) is 0 Å². The Bertz CT molecular complexity index is 634. The van der Waals surface area contributed by atoms with Crippen molar-refractivity contribution in [2.24, 2.45) is 0 Å². The Balaban J connectivity index is 2.26. The summed E-state index contributed by atoms with van der Waals surface area (Å²) in [5, 5.41) is 0. The van der Waals surface area contributed by atoms with Gasteiger partial charge in [0.2, 0.25) is 0 Å². The van der Waals surface area contributed by atoms with Crippen molar-refractivity contribution in [1.29, 1.82) is 0 Å². The lowest BCUT2D eigenvalue weighted by molar-refractivity contribution is -0.123. The maximum absolute atomic E-state index is 12.0. The summed E-state index contributed by atoms with van der Waals surface area (Å²) >= 11 is 0. The summed E-state index contributed by atoms with van der Waals surface area (Å²) in [6.07, 6.45) is 0. The predicted molar refractivity (Wildman–Crippen MR) is 69.3 cm³/mol. The van der Waals surface area contributed by atoms with Gasteiger partial charge in [0.15, 0.2) is 0 Å². The van der Waals surface area contributed by atoms with E-state index in [1.807, 2.05) is 0 Å². The van der Waals surface area contributed by atoms with Gasteiger partial charge in [-0.1, -0.05) is 30.3 Å². The van der Waals surface area contributed by atoms with Crippen LogP contribution < -0.4 is 4.74 Å². The lowest BCUT2D eigenvalue weighted by Crippen LogP contribution is -2.15. The van der Waals surface area contributed by atoms with Crippen molar-refractivity contribution in [3.8, 4) is 5.75 Å². The van der Waals surface area contributed by atoms with Gasteiger partial charge < -0.3 is 9.47 Å². The van der Waals surface area contributed by atoms with Gasteiger partial charge in [-0.15, -0.1) is 0 Å². The molecule has 5 heteroatoms. The fourth-order valence-electron chi connectivity index (χ4n) is 1.60. The number of benzene rings is 2. The molecule has 0 radical (unpaired) electrons. The topological polar surface area (TPSA) is 69.7 Å². The maximum atomic E-state index is 12.0. The average Bonchev–Trinajstić information content (AvgIpc) is 2.48. The van der Waals surface area contributed by atoms with Crippen molar-refractivity contribution in [3.63, 3.8) is 0 Å². The molecule has 0 aliphatic rings. The fraction of sp³-hybridized carbons (Fsp3) is 0. The molecule has 5 nitrogen and oxygen atoms in total. The summed E-state index contributed by atoms with van der Waals surface area (Å²) in [6, 6.07) is 14.4. The van der Waals surface area contributed by atoms with Gasteiger partial charge in [0.1, 0.15) is 5.75 Å². The minimum atomic E-state index is -0.902. The van der Waals surface area contributed by atoms with E-state index in [0.29, 0.717) is 5.75 Å². The normalized spacial score (nSPS) is 9.60. The Morgan fingerprint density at radius 2 is 1.35 bits per heavy atom.